The van der Waals surface area contributed by atoms with Crippen LogP contribution in [0.4, 0.5) is 0 Å². The number of ether oxygens (including phenoxy) is 2. The highest BCUT2D eigenvalue weighted by molar-refractivity contribution is 5.85. The molecule has 1 rings (SSSR count). The van der Waals surface area contributed by atoms with E-state index in [4.69, 9.17) is 9.47 Å². The molecule has 0 aliphatic carbocycles. The molecule has 6 heteroatoms. The molecule has 1 amide bonds. The number of benzene rings is 1. The highest BCUT2D eigenvalue weighted by atomic mass is 16.5. The van der Waals surface area contributed by atoms with E-state index >= 15 is 0 Å². The first-order chi connectivity index (χ1) is 9.43. The van der Waals surface area contributed by atoms with Gasteiger partial charge in [0.2, 0.25) is 5.91 Å². The van der Waals surface area contributed by atoms with Crippen LogP contribution in [-0.2, 0) is 14.3 Å². The monoisotopic (exact) mass is 281 g/mol. The van der Waals surface area contributed by atoms with Gasteiger partial charge in [0.25, 0.3) is 0 Å². The van der Waals surface area contributed by atoms with E-state index in [1.54, 1.807) is 38.1 Å². The van der Waals surface area contributed by atoms with E-state index < -0.39 is 17.9 Å². The molecule has 1 atom stereocenters. The molecule has 0 bridgehead atoms. The summed E-state index contributed by atoms with van der Waals surface area (Å²) in [6.07, 6.45) is -0.0926. The Labute approximate surface area is 117 Å². The molecule has 110 valence electrons. The minimum Gasteiger partial charge on any atom is -0.497 e. The molecule has 0 fully saturated rings. The van der Waals surface area contributed by atoms with Gasteiger partial charge in [-0.3, -0.25) is 4.79 Å². The second-order valence-electron chi connectivity index (χ2n) is 4.47. The van der Waals surface area contributed by atoms with Crippen molar-refractivity contribution in [3.8, 4) is 5.75 Å². The van der Waals surface area contributed by atoms with Gasteiger partial charge in [0.15, 0.2) is 6.04 Å². The second-order valence-corrected chi connectivity index (χ2v) is 4.47. The summed E-state index contributed by atoms with van der Waals surface area (Å²) in [5.74, 6) is -0.984. The first-order valence-corrected chi connectivity index (χ1v) is 6.21. The molecular formula is C14H19NO5. The van der Waals surface area contributed by atoms with E-state index in [1.165, 1.54) is 7.11 Å². The lowest BCUT2D eigenvalue weighted by Crippen LogP contribution is -2.36. The predicted molar refractivity (Wildman–Crippen MR) is 72.6 cm³/mol. The molecule has 0 spiro atoms. The zero-order valence-corrected chi connectivity index (χ0v) is 11.8. The molecular weight excluding hydrogens is 262 g/mol. The van der Waals surface area contributed by atoms with Crippen molar-refractivity contribution < 1.29 is 24.2 Å². The van der Waals surface area contributed by atoms with Gasteiger partial charge in [-0.2, -0.15) is 0 Å². The maximum atomic E-state index is 11.6. The normalized spacial score (nSPS) is 12.0. The van der Waals surface area contributed by atoms with Crippen LogP contribution in [0.1, 0.15) is 25.5 Å². The molecule has 1 unspecified atom stereocenters. The lowest BCUT2D eigenvalue weighted by molar-refractivity contribution is -0.143. The van der Waals surface area contributed by atoms with Crippen LogP contribution in [0.25, 0.3) is 0 Å². The van der Waals surface area contributed by atoms with Crippen LogP contribution in [0.3, 0.4) is 0 Å². The van der Waals surface area contributed by atoms with E-state index in [9.17, 15) is 14.7 Å². The van der Waals surface area contributed by atoms with Gasteiger partial charge in [-0.1, -0.05) is 12.1 Å². The van der Waals surface area contributed by atoms with Crippen molar-refractivity contribution >= 4 is 11.9 Å². The summed E-state index contributed by atoms with van der Waals surface area (Å²) in [5.41, 5.74) is 0.469. The zero-order valence-electron chi connectivity index (χ0n) is 11.8. The van der Waals surface area contributed by atoms with Crippen LogP contribution in [0.5, 0.6) is 5.75 Å². The fourth-order valence-corrected chi connectivity index (χ4v) is 1.53. The predicted octanol–water partition coefficient (Wildman–Crippen LogP) is 1.36. The third kappa shape index (κ3) is 4.89. The average Bonchev–Trinajstić information content (AvgIpc) is 2.42. The Morgan fingerprint density at radius 2 is 1.85 bits per heavy atom. The topological polar surface area (TPSA) is 84.9 Å². The summed E-state index contributed by atoms with van der Waals surface area (Å²) in [6, 6.07) is 5.37. The Kier molecular flexibility index (Phi) is 5.99. The number of carbonyl (C=O) groups excluding carboxylic acids is 1. The highest BCUT2D eigenvalue weighted by Crippen LogP contribution is 2.18. The van der Waals surface area contributed by atoms with E-state index in [-0.39, 0.29) is 12.7 Å². The standard InChI is InChI=1S/C14H19NO5/c1-9(2)20-8-12(16)15-13(14(17)18)10-4-6-11(19-3)7-5-10/h4-7,9,13H,8H2,1-3H3,(H,15,16)(H,17,18). The maximum Gasteiger partial charge on any atom is 0.330 e. The molecule has 0 radical (unpaired) electrons. The quantitative estimate of drug-likeness (QED) is 0.788. The number of methoxy groups -OCH3 is 1. The number of hydrogen-bond acceptors (Lipinski definition) is 4. The first-order valence-electron chi connectivity index (χ1n) is 6.21. The van der Waals surface area contributed by atoms with Crippen molar-refractivity contribution in [3.63, 3.8) is 0 Å². The summed E-state index contributed by atoms with van der Waals surface area (Å²) in [5, 5.41) is 11.6. The van der Waals surface area contributed by atoms with Gasteiger partial charge in [0.05, 0.1) is 13.2 Å². The van der Waals surface area contributed by atoms with Crippen molar-refractivity contribution in [1.82, 2.24) is 5.32 Å². The fraction of sp³-hybridized carbons (Fsp3) is 0.429. The van der Waals surface area contributed by atoms with E-state index in [2.05, 4.69) is 5.32 Å². The lowest BCUT2D eigenvalue weighted by Gasteiger charge is -2.16. The van der Waals surface area contributed by atoms with Crippen molar-refractivity contribution in [3.05, 3.63) is 29.8 Å². The molecule has 0 aromatic heterocycles. The molecule has 0 aliphatic rings. The summed E-state index contributed by atoms with van der Waals surface area (Å²) >= 11 is 0. The zero-order chi connectivity index (χ0) is 15.1. The minimum atomic E-state index is -1.13. The van der Waals surface area contributed by atoms with Gasteiger partial charge in [0.1, 0.15) is 12.4 Å². The average molecular weight is 281 g/mol. The van der Waals surface area contributed by atoms with Gasteiger partial charge in [-0.15, -0.1) is 0 Å². The number of nitrogens with one attached hydrogen (secondary N) is 1. The SMILES string of the molecule is COc1ccc(C(NC(=O)COC(C)C)C(=O)O)cc1. The Balaban J connectivity index is 2.73. The van der Waals surface area contributed by atoms with Crippen molar-refractivity contribution in [2.45, 2.75) is 26.0 Å². The first kappa shape index (κ1) is 16.0. The van der Waals surface area contributed by atoms with Crippen molar-refractivity contribution in [2.24, 2.45) is 0 Å². The summed E-state index contributed by atoms with van der Waals surface area (Å²) in [7, 11) is 1.52. The van der Waals surface area contributed by atoms with Gasteiger partial charge in [-0.25, -0.2) is 4.79 Å². The molecule has 1 aromatic rings. The highest BCUT2D eigenvalue weighted by Gasteiger charge is 2.22. The number of aliphatic carboxylic acids is 1. The van der Waals surface area contributed by atoms with Gasteiger partial charge >= 0.3 is 5.97 Å². The van der Waals surface area contributed by atoms with Crippen LogP contribution in [0.2, 0.25) is 0 Å². The van der Waals surface area contributed by atoms with Crippen LogP contribution in [0.15, 0.2) is 24.3 Å². The number of carboxylic acids is 1. The largest absolute Gasteiger partial charge is 0.497 e. The van der Waals surface area contributed by atoms with Crippen LogP contribution < -0.4 is 10.1 Å². The molecule has 0 saturated carbocycles. The Morgan fingerprint density at radius 3 is 2.30 bits per heavy atom. The van der Waals surface area contributed by atoms with E-state index in [1.807, 2.05) is 0 Å². The Morgan fingerprint density at radius 1 is 1.25 bits per heavy atom. The molecule has 6 nitrogen and oxygen atoms in total. The molecule has 1 aromatic carbocycles. The summed E-state index contributed by atoms with van der Waals surface area (Å²) in [4.78, 5) is 22.9. The van der Waals surface area contributed by atoms with Gasteiger partial charge in [-0.05, 0) is 31.5 Å². The molecule has 0 saturated heterocycles. The number of hydrogen-bond donors (Lipinski definition) is 2. The van der Waals surface area contributed by atoms with Crippen LogP contribution >= 0.6 is 0 Å². The van der Waals surface area contributed by atoms with Crippen LogP contribution in [-0.4, -0.2) is 36.8 Å². The number of carbonyl (C=O) groups is 2. The third-order valence-electron chi connectivity index (χ3n) is 2.55. The molecule has 2 N–H and O–H groups in total. The van der Waals surface area contributed by atoms with E-state index in [0.717, 1.165) is 0 Å². The van der Waals surface area contributed by atoms with E-state index in [0.29, 0.717) is 11.3 Å². The van der Waals surface area contributed by atoms with Crippen LogP contribution in [0, 0.1) is 0 Å². The fourth-order valence-electron chi connectivity index (χ4n) is 1.53. The van der Waals surface area contributed by atoms with Crippen molar-refractivity contribution in [2.75, 3.05) is 13.7 Å². The molecule has 20 heavy (non-hydrogen) atoms. The molecule has 0 aliphatic heterocycles. The second kappa shape index (κ2) is 7.49. The lowest BCUT2D eigenvalue weighted by atomic mass is 10.1. The third-order valence-corrected chi connectivity index (χ3v) is 2.55. The maximum absolute atomic E-state index is 11.6. The summed E-state index contributed by atoms with van der Waals surface area (Å²) in [6.45, 7) is 3.43. The Bertz CT molecular complexity index is 455. The number of carboxylic acid groups (broad SMARTS) is 1. The smallest absolute Gasteiger partial charge is 0.330 e. The number of rotatable bonds is 7. The van der Waals surface area contributed by atoms with Crippen molar-refractivity contribution in [1.29, 1.82) is 0 Å². The van der Waals surface area contributed by atoms with Gasteiger partial charge < -0.3 is 19.9 Å². The molecule has 0 heterocycles. The summed E-state index contributed by atoms with van der Waals surface area (Å²) < 4.78 is 10.1. The Hall–Kier alpha value is -2.08. The minimum absolute atomic E-state index is 0.0926. The number of amides is 1. The van der Waals surface area contributed by atoms with Gasteiger partial charge in [0, 0.05) is 0 Å².